The molecule has 1 fully saturated rings. The molecule has 0 bridgehead atoms. The number of anilines is 1. The number of aliphatic hydroxyl groups is 1. The molecule has 0 amide bonds. The number of hydrogen-bond donors (Lipinski definition) is 3. The first-order chi connectivity index (χ1) is 10.0. The largest absolute Gasteiger partial charge is 0.507 e. The fourth-order valence-corrected chi connectivity index (χ4v) is 3.21. The third-order valence-electron chi connectivity index (χ3n) is 4.32. The van der Waals surface area contributed by atoms with Gasteiger partial charge in [0.25, 0.3) is 0 Å². The minimum Gasteiger partial charge on any atom is -0.507 e. The lowest BCUT2D eigenvalue weighted by molar-refractivity contribution is 0.172. The van der Waals surface area contributed by atoms with Crippen LogP contribution in [0.1, 0.15) is 17.9 Å². The molecule has 2 atom stereocenters. The molecule has 0 spiro atoms. The summed E-state index contributed by atoms with van der Waals surface area (Å²) in [5, 5.41) is 19.7. The van der Waals surface area contributed by atoms with E-state index < -0.39 is 0 Å². The molecule has 1 aromatic carbocycles. The number of nitrogens with zero attached hydrogens (tertiary/aromatic N) is 1. The summed E-state index contributed by atoms with van der Waals surface area (Å²) in [7, 11) is 1.95. The number of benzene rings is 1. The van der Waals surface area contributed by atoms with Crippen molar-refractivity contribution in [2.24, 2.45) is 0 Å². The van der Waals surface area contributed by atoms with Crippen LogP contribution in [0.4, 0.5) is 5.88 Å². The Balaban J connectivity index is 2.24. The Kier molecular flexibility index (Phi) is 3.35. The van der Waals surface area contributed by atoms with Crippen LogP contribution < -0.4 is 11.2 Å². The molecule has 6 nitrogen and oxygen atoms in total. The minimum atomic E-state index is -0.361. The predicted octanol–water partition coefficient (Wildman–Crippen LogP) is 0.861. The van der Waals surface area contributed by atoms with E-state index in [0.717, 1.165) is 24.6 Å². The highest BCUT2D eigenvalue weighted by molar-refractivity contribution is 5.87. The number of phenolic OH excluding ortho intramolecular Hbond substituents is 1. The number of phenols is 1. The monoisotopic (exact) mass is 290 g/mol. The van der Waals surface area contributed by atoms with Gasteiger partial charge in [-0.2, -0.15) is 0 Å². The molecule has 1 aliphatic rings. The zero-order valence-corrected chi connectivity index (χ0v) is 11.7. The summed E-state index contributed by atoms with van der Waals surface area (Å²) in [6.07, 6.45) is 0.847. The normalized spacial score (nSPS) is 23.0. The van der Waals surface area contributed by atoms with Gasteiger partial charge in [0.2, 0.25) is 0 Å². The van der Waals surface area contributed by atoms with Gasteiger partial charge in [-0.1, -0.05) is 6.07 Å². The predicted molar refractivity (Wildman–Crippen MR) is 79.4 cm³/mol. The summed E-state index contributed by atoms with van der Waals surface area (Å²) in [4.78, 5) is 14.1. The smallest absolute Gasteiger partial charge is 0.198 e. The molecule has 3 rings (SSSR count). The van der Waals surface area contributed by atoms with E-state index in [1.165, 1.54) is 6.07 Å². The van der Waals surface area contributed by atoms with Crippen LogP contribution in [-0.2, 0) is 0 Å². The Morgan fingerprint density at radius 3 is 2.95 bits per heavy atom. The van der Waals surface area contributed by atoms with Gasteiger partial charge in [0.05, 0.1) is 6.61 Å². The first-order valence-corrected chi connectivity index (χ1v) is 6.89. The Morgan fingerprint density at radius 1 is 1.48 bits per heavy atom. The number of hydrogen-bond acceptors (Lipinski definition) is 6. The van der Waals surface area contributed by atoms with Gasteiger partial charge in [-0.25, -0.2) is 0 Å². The quantitative estimate of drug-likeness (QED) is 0.758. The van der Waals surface area contributed by atoms with Crippen LogP contribution in [0, 0.1) is 0 Å². The van der Waals surface area contributed by atoms with Gasteiger partial charge in [0.15, 0.2) is 11.3 Å². The lowest BCUT2D eigenvalue weighted by atomic mass is 9.90. The number of likely N-dealkylation sites (tertiary alicyclic amines) is 1. The van der Waals surface area contributed by atoms with Crippen molar-refractivity contribution < 1.29 is 14.6 Å². The number of rotatable bonds is 2. The summed E-state index contributed by atoms with van der Waals surface area (Å²) >= 11 is 0. The van der Waals surface area contributed by atoms with Gasteiger partial charge < -0.3 is 25.3 Å². The van der Waals surface area contributed by atoms with Crippen LogP contribution in [0.2, 0.25) is 0 Å². The molecule has 112 valence electrons. The molecule has 0 saturated carbocycles. The second kappa shape index (κ2) is 5.05. The maximum atomic E-state index is 12.0. The number of likely N-dealkylation sites (N-methyl/N-ethyl adjacent to an activating group) is 1. The zero-order valence-electron chi connectivity index (χ0n) is 11.7. The number of aliphatic hydroxyl groups excluding tert-OH is 1. The Hall–Kier alpha value is -2.05. The van der Waals surface area contributed by atoms with Crippen LogP contribution >= 0.6 is 0 Å². The number of aromatic hydroxyl groups is 1. The van der Waals surface area contributed by atoms with Crippen molar-refractivity contribution in [3.05, 3.63) is 34.0 Å². The van der Waals surface area contributed by atoms with Gasteiger partial charge in [0, 0.05) is 23.6 Å². The highest BCUT2D eigenvalue weighted by Gasteiger charge is 2.34. The van der Waals surface area contributed by atoms with Crippen LogP contribution in [0.5, 0.6) is 5.75 Å². The van der Waals surface area contributed by atoms with E-state index in [2.05, 4.69) is 4.90 Å². The number of fused-ring (bicyclic) bond motifs is 1. The molecule has 2 heterocycles. The van der Waals surface area contributed by atoms with Crippen LogP contribution in [-0.4, -0.2) is 41.4 Å². The van der Waals surface area contributed by atoms with Crippen molar-refractivity contribution in [1.82, 2.24) is 4.90 Å². The van der Waals surface area contributed by atoms with Crippen molar-refractivity contribution >= 4 is 16.9 Å². The second-order valence-electron chi connectivity index (χ2n) is 5.52. The topological polar surface area (TPSA) is 99.9 Å². The van der Waals surface area contributed by atoms with Crippen molar-refractivity contribution in [3.63, 3.8) is 0 Å². The SMILES string of the molecule is CN1CCC(c2ccc(O)c3c(=O)cc(N)oc23)C1CO. The van der Waals surface area contributed by atoms with E-state index >= 15 is 0 Å². The van der Waals surface area contributed by atoms with E-state index in [-0.39, 0.29) is 41.0 Å². The summed E-state index contributed by atoms with van der Waals surface area (Å²) in [5.41, 5.74) is 6.39. The molecular formula is C15H18N2O4. The van der Waals surface area contributed by atoms with E-state index in [1.807, 2.05) is 7.05 Å². The maximum absolute atomic E-state index is 12.0. The summed E-state index contributed by atoms with van der Waals surface area (Å²) < 4.78 is 5.51. The van der Waals surface area contributed by atoms with Crippen molar-refractivity contribution in [1.29, 1.82) is 0 Å². The molecule has 2 aromatic rings. The lowest BCUT2D eigenvalue weighted by Crippen LogP contribution is -2.31. The van der Waals surface area contributed by atoms with Crippen LogP contribution in [0.15, 0.2) is 27.4 Å². The Labute approximate surface area is 121 Å². The standard InChI is InChI=1S/C15H18N2O4/c1-17-5-4-8(10(17)7-18)9-2-3-11(19)14-12(20)6-13(16)21-15(9)14/h2-3,6,8,10,18-19H,4-5,7,16H2,1H3. The van der Waals surface area contributed by atoms with Gasteiger partial charge >= 0.3 is 0 Å². The molecule has 0 radical (unpaired) electrons. The van der Waals surface area contributed by atoms with Crippen LogP contribution in [0.25, 0.3) is 11.0 Å². The van der Waals surface area contributed by atoms with Gasteiger partial charge in [-0.05, 0) is 26.1 Å². The van der Waals surface area contributed by atoms with Crippen molar-refractivity contribution in [2.45, 2.75) is 18.4 Å². The molecular weight excluding hydrogens is 272 g/mol. The van der Waals surface area contributed by atoms with Gasteiger partial charge in [0.1, 0.15) is 16.7 Å². The molecule has 0 aliphatic carbocycles. The molecule has 1 aromatic heterocycles. The van der Waals surface area contributed by atoms with E-state index in [9.17, 15) is 15.0 Å². The fourth-order valence-electron chi connectivity index (χ4n) is 3.21. The highest BCUT2D eigenvalue weighted by atomic mass is 16.3. The maximum Gasteiger partial charge on any atom is 0.198 e. The first kappa shape index (κ1) is 13.9. The molecule has 4 N–H and O–H groups in total. The Bertz CT molecular complexity index is 740. The molecule has 2 unspecified atom stereocenters. The molecule has 21 heavy (non-hydrogen) atoms. The fraction of sp³-hybridized carbons (Fsp3) is 0.400. The van der Waals surface area contributed by atoms with E-state index in [4.69, 9.17) is 10.2 Å². The lowest BCUT2D eigenvalue weighted by Gasteiger charge is -2.23. The summed E-state index contributed by atoms with van der Waals surface area (Å²) in [5.74, 6) is -0.0614. The second-order valence-corrected chi connectivity index (χ2v) is 5.52. The number of nitrogens with two attached hydrogens (primary N) is 1. The average molecular weight is 290 g/mol. The van der Waals surface area contributed by atoms with E-state index in [1.54, 1.807) is 6.07 Å². The van der Waals surface area contributed by atoms with Gasteiger partial charge in [-0.3, -0.25) is 4.79 Å². The first-order valence-electron chi connectivity index (χ1n) is 6.89. The minimum absolute atomic E-state index is 0.0197. The Morgan fingerprint density at radius 2 is 2.24 bits per heavy atom. The zero-order chi connectivity index (χ0) is 15.1. The summed E-state index contributed by atoms with van der Waals surface area (Å²) in [6.45, 7) is 0.876. The molecule has 1 aliphatic heterocycles. The average Bonchev–Trinajstić information content (AvgIpc) is 2.79. The van der Waals surface area contributed by atoms with Crippen molar-refractivity contribution in [3.8, 4) is 5.75 Å². The molecule has 1 saturated heterocycles. The molecule has 6 heteroatoms. The summed E-state index contributed by atoms with van der Waals surface area (Å²) in [6, 6.07) is 4.37. The third kappa shape index (κ3) is 2.16. The van der Waals surface area contributed by atoms with Crippen LogP contribution in [0.3, 0.4) is 0 Å². The highest BCUT2D eigenvalue weighted by Crippen LogP contribution is 2.38. The number of nitrogen functional groups attached to an aromatic ring is 1. The van der Waals surface area contributed by atoms with Gasteiger partial charge in [-0.15, -0.1) is 0 Å². The van der Waals surface area contributed by atoms with E-state index in [0.29, 0.717) is 5.58 Å². The third-order valence-corrected chi connectivity index (χ3v) is 4.32. The van der Waals surface area contributed by atoms with Crippen molar-refractivity contribution in [2.75, 3.05) is 25.9 Å².